The summed E-state index contributed by atoms with van der Waals surface area (Å²) in [6, 6.07) is 4.07. The van der Waals surface area contributed by atoms with Crippen molar-refractivity contribution >= 4 is 11.9 Å². The van der Waals surface area contributed by atoms with Gasteiger partial charge in [-0.05, 0) is 39.3 Å². The van der Waals surface area contributed by atoms with E-state index in [-0.39, 0.29) is 10.0 Å². The molecular weight excluding hydrogens is 266 g/mol. The molecule has 21 heavy (non-hydrogen) atoms. The lowest BCUT2D eigenvalue weighted by Gasteiger charge is -2.42. The molecule has 1 unspecified atom stereocenters. The molecule has 2 rings (SSSR count). The number of quaternary nitrogens is 1. The Morgan fingerprint density at radius 1 is 1.29 bits per heavy atom. The first-order valence-corrected chi connectivity index (χ1v) is 7.54. The summed E-state index contributed by atoms with van der Waals surface area (Å²) < 4.78 is 0.120. The zero-order valence-corrected chi connectivity index (χ0v) is 13.5. The van der Waals surface area contributed by atoms with Crippen LogP contribution < -0.4 is 4.90 Å². The number of anilines is 1. The smallest absolute Gasteiger partial charge is 0.435 e. The average Bonchev–Trinajstić information content (AvgIpc) is 2.62. The van der Waals surface area contributed by atoms with Gasteiger partial charge in [-0.1, -0.05) is 6.07 Å². The first kappa shape index (κ1) is 15.8. The second kappa shape index (κ2) is 5.64. The van der Waals surface area contributed by atoms with E-state index in [1.807, 2.05) is 40.0 Å². The molecule has 1 aliphatic heterocycles. The van der Waals surface area contributed by atoms with Crippen molar-refractivity contribution in [3.63, 3.8) is 0 Å². The summed E-state index contributed by atoms with van der Waals surface area (Å²) in [5.41, 5.74) is 0.835. The Labute approximate surface area is 126 Å². The molecule has 1 N–H and O–H groups in total. The molecule has 0 bridgehead atoms. The predicted octanol–water partition coefficient (Wildman–Crippen LogP) is 2.89. The monoisotopic (exact) mass is 292 g/mol. The molecule has 0 aromatic carbocycles. The number of rotatable bonds is 1. The first-order valence-electron chi connectivity index (χ1n) is 7.54. The summed E-state index contributed by atoms with van der Waals surface area (Å²) in [7, 11) is 0. The van der Waals surface area contributed by atoms with Gasteiger partial charge in [0, 0.05) is 19.2 Å². The standard InChI is InChI=1S/C16H25N3O2/c1-13-6-7-14(17-12-13)18-8-5-10-19(11-9-18,15(20)21)16(2,3)4/h6-7,12H,5,8-11H2,1-4H3/p+1. The lowest BCUT2D eigenvalue weighted by molar-refractivity contribution is -0.901. The second-order valence-electron chi connectivity index (χ2n) is 6.90. The highest BCUT2D eigenvalue weighted by molar-refractivity contribution is 5.57. The number of hydrogen-bond acceptors (Lipinski definition) is 3. The van der Waals surface area contributed by atoms with Crippen LogP contribution in [0.3, 0.4) is 0 Å². The summed E-state index contributed by atoms with van der Waals surface area (Å²) in [6.45, 7) is 10.9. The van der Waals surface area contributed by atoms with Gasteiger partial charge in [-0.3, -0.25) is 0 Å². The molecule has 116 valence electrons. The minimum atomic E-state index is -0.721. The Morgan fingerprint density at radius 2 is 2.00 bits per heavy atom. The molecule has 2 heterocycles. The van der Waals surface area contributed by atoms with Crippen LogP contribution in [-0.4, -0.2) is 52.4 Å². The Balaban J connectivity index is 2.21. The van der Waals surface area contributed by atoms with Crippen LogP contribution in [0.15, 0.2) is 18.3 Å². The summed E-state index contributed by atoms with van der Waals surface area (Å²) >= 11 is 0. The fourth-order valence-electron chi connectivity index (χ4n) is 3.07. The Kier molecular flexibility index (Phi) is 4.23. The molecule has 1 fully saturated rings. The van der Waals surface area contributed by atoms with Crippen molar-refractivity contribution in [1.29, 1.82) is 0 Å². The van der Waals surface area contributed by atoms with E-state index in [0.29, 0.717) is 13.1 Å². The van der Waals surface area contributed by atoms with Crippen LogP contribution in [0.5, 0.6) is 0 Å². The fraction of sp³-hybridized carbons (Fsp3) is 0.625. The summed E-state index contributed by atoms with van der Waals surface area (Å²) in [5.74, 6) is 0.944. The molecule has 0 aliphatic carbocycles. The number of hydrogen-bond donors (Lipinski definition) is 1. The zero-order valence-electron chi connectivity index (χ0n) is 13.5. The van der Waals surface area contributed by atoms with Crippen LogP contribution >= 0.6 is 0 Å². The number of aromatic nitrogens is 1. The van der Waals surface area contributed by atoms with Crippen molar-refractivity contribution in [2.45, 2.75) is 39.7 Å². The topological polar surface area (TPSA) is 53.4 Å². The maximum Gasteiger partial charge on any atom is 0.514 e. The van der Waals surface area contributed by atoms with Crippen molar-refractivity contribution in [2.75, 3.05) is 31.1 Å². The van der Waals surface area contributed by atoms with Gasteiger partial charge >= 0.3 is 6.09 Å². The minimum Gasteiger partial charge on any atom is -0.435 e. The average molecular weight is 292 g/mol. The SMILES string of the molecule is Cc1ccc(N2CCC[N+](C(=O)O)(C(C)(C)C)CC2)nc1. The van der Waals surface area contributed by atoms with Crippen molar-refractivity contribution in [2.24, 2.45) is 0 Å². The van der Waals surface area contributed by atoms with Crippen LogP contribution in [0.2, 0.25) is 0 Å². The molecule has 1 amide bonds. The van der Waals surface area contributed by atoms with Gasteiger partial charge in [-0.15, -0.1) is 0 Å². The first-order chi connectivity index (χ1) is 9.76. The predicted molar refractivity (Wildman–Crippen MR) is 83.6 cm³/mol. The Bertz CT molecular complexity index is 507. The summed E-state index contributed by atoms with van der Waals surface area (Å²) in [4.78, 5) is 18.6. The third-order valence-corrected chi connectivity index (χ3v) is 4.59. The molecule has 0 radical (unpaired) electrons. The molecule has 1 atom stereocenters. The number of carboxylic acid groups (broad SMARTS) is 1. The van der Waals surface area contributed by atoms with Crippen LogP contribution in [-0.2, 0) is 0 Å². The van der Waals surface area contributed by atoms with Crippen LogP contribution in [0, 0.1) is 6.92 Å². The molecule has 1 aliphatic rings. The molecule has 0 spiro atoms. The van der Waals surface area contributed by atoms with E-state index in [4.69, 9.17) is 0 Å². The van der Waals surface area contributed by atoms with E-state index in [0.717, 1.165) is 30.9 Å². The lowest BCUT2D eigenvalue weighted by atomic mass is 10.0. The van der Waals surface area contributed by atoms with Crippen LogP contribution in [0.1, 0.15) is 32.8 Å². The molecule has 1 aromatic rings. The molecule has 0 saturated carbocycles. The number of nitrogens with zero attached hydrogens (tertiary/aromatic N) is 3. The number of carbonyl (C=O) groups is 1. The Hall–Kier alpha value is -1.62. The van der Waals surface area contributed by atoms with Crippen molar-refractivity contribution in [3.8, 4) is 0 Å². The molecule has 1 aromatic heterocycles. The van der Waals surface area contributed by atoms with Gasteiger partial charge in [0.25, 0.3) is 0 Å². The highest BCUT2D eigenvalue weighted by Crippen LogP contribution is 2.28. The van der Waals surface area contributed by atoms with E-state index in [2.05, 4.69) is 16.0 Å². The molecule has 5 nitrogen and oxygen atoms in total. The van der Waals surface area contributed by atoms with Crippen molar-refractivity contribution in [3.05, 3.63) is 23.9 Å². The maximum atomic E-state index is 11.9. The zero-order chi connectivity index (χ0) is 15.7. The van der Waals surface area contributed by atoms with Gasteiger partial charge in [0.15, 0.2) is 0 Å². The molecular formula is C16H26N3O2+. The van der Waals surface area contributed by atoms with Crippen molar-refractivity contribution < 1.29 is 14.4 Å². The normalized spacial score (nSPS) is 23.7. The van der Waals surface area contributed by atoms with Crippen molar-refractivity contribution in [1.82, 2.24) is 4.98 Å². The van der Waals surface area contributed by atoms with Gasteiger partial charge in [0.1, 0.15) is 17.9 Å². The van der Waals surface area contributed by atoms with E-state index in [9.17, 15) is 9.90 Å². The number of pyridine rings is 1. The minimum absolute atomic E-state index is 0.120. The van der Waals surface area contributed by atoms with Gasteiger partial charge in [0.05, 0.1) is 13.1 Å². The molecule has 1 saturated heterocycles. The van der Waals surface area contributed by atoms with Gasteiger partial charge in [-0.2, -0.15) is 4.79 Å². The van der Waals surface area contributed by atoms with E-state index >= 15 is 0 Å². The quantitative estimate of drug-likeness (QED) is 0.809. The highest BCUT2D eigenvalue weighted by Gasteiger charge is 2.48. The third kappa shape index (κ3) is 3.02. The largest absolute Gasteiger partial charge is 0.514 e. The second-order valence-corrected chi connectivity index (χ2v) is 6.90. The summed E-state index contributed by atoms with van der Waals surface area (Å²) in [6.07, 6.45) is 2.00. The third-order valence-electron chi connectivity index (χ3n) is 4.59. The van der Waals surface area contributed by atoms with E-state index in [1.165, 1.54) is 0 Å². The van der Waals surface area contributed by atoms with Crippen LogP contribution in [0.25, 0.3) is 0 Å². The van der Waals surface area contributed by atoms with E-state index in [1.54, 1.807) is 0 Å². The number of aryl methyl sites for hydroxylation is 1. The Morgan fingerprint density at radius 3 is 2.52 bits per heavy atom. The highest BCUT2D eigenvalue weighted by atomic mass is 16.4. The molecule has 5 heteroatoms. The number of amides is 1. The van der Waals surface area contributed by atoms with Crippen LogP contribution in [0.4, 0.5) is 10.6 Å². The van der Waals surface area contributed by atoms with Gasteiger partial charge < -0.3 is 10.0 Å². The van der Waals surface area contributed by atoms with Gasteiger partial charge in [0.2, 0.25) is 0 Å². The lowest BCUT2D eigenvalue weighted by Crippen LogP contribution is -2.64. The van der Waals surface area contributed by atoms with Gasteiger partial charge in [-0.25, -0.2) is 9.47 Å². The van der Waals surface area contributed by atoms with E-state index < -0.39 is 6.09 Å². The summed E-state index contributed by atoms with van der Waals surface area (Å²) in [5, 5.41) is 9.78. The maximum absolute atomic E-state index is 11.9. The fourth-order valence-corrected chi connectivity index (χ4v) is 3.07.